The Labute approximate surface area is 195 Å². The Bertz CT molecular complexity index is 1650. The number of aromatic nitrogens is 6. The van der Waals surface area contributed by atoms with Crippen molar-refractivity contribution in [1.29, 1.82) is 0 Å². The van der Waals surface area contributed by atoms with Crippen LogP contribution in [0.15, 0.2) is 67.1 Å². The fraction of sp³-hybridized carbons (Fsp3) is 0.185. The zero-order valence-corrected chi connectivity index (χ0v) is 18.6. The summed E-state index contributed by atoms with van der Waals surface area (Å²) in [7, 11) is 0. The van der Waals surface area contributed by atoms with Gasteiger partial charge in [-0.1, -0.05) is 36.4 Å². The molecule has 1 aliphatic rings. The lowest BCUT2D eigenvalue weighted by Crippen LogP contribution is -2.18. The van der Waals surface area contributed by atoms with E-state index in [0.29, 0.717) is 5.65 Å². The summed E-state index contributed by atoms with van der Waals surface area (Å²) in [6, 6.07) is 16.8. The Hall–Kier alpha value is -4.10. The first kappa shape index (κ1) is 19.4. The molecule has 2 aromatic carbocycles. The number of nitrogens with zero attached hydrogens (tertiary/aromatic N) is 5. The standard InChI is InChI=1S/C27H23N7/c1-2-8-20-17(6-1)13-28-15-22(20)19-12-21-25(32-33-26(21)29-14-19)27-30-23-9-5-7-18(24(23)31-27)16-34-10-3-4-11-34/h1-2,5-9,12-15H,3-4,10-11,16H2,(H,30,31)(H,29,32,33). The van der Waals surface area contributed by atoms with Crippen LogP contribution in [0.2, 0.25) is 0 Å². The highest BCUT2D eigenvalue weighted by Gasteiger charge is 2.18. The Balaban J connectivity index is 1.34. The van der Waals surface area contributed by atoms with Crippen LogP contribution in [0.3, 0.4) is 0 Å². The first-order chi connectivity index (χ1) is 16.8. The molecule has 1 aliphatic heterocycles. The Morgan fingerprint density at radius 3 is 2.76 bits per heavy atom. The highest BCUT2D eigenvalue weighted by Crippen LogP contribution is 2.32. The minimum atomic E-state index is 0.671. The van der Waals surface area contributed by atoms with Gasteiger partial charge in [-0.25, -0.2) is 9.97 Å². The molecule has 7 rings (SSSR count). The smallest absolute Gasteiger partial charge is 0.181 e. The molecule has 0 radical (unpaired) electrons. The maximum atomic E-state index is 5.01. The summed E-state index contributed by atoms with van der Waals surface area (Å²) in [5.41, 5.74) is 6.89. The van der Waals surface area contributed by atoms with Crippen LogP contribution >= 0.6 is 0 Å². The number of benzene rings is 2. The van der Waals surface area contributed by atoms with E-state index < -0.39 is 0 Å². The van der Waals surface area contributed by atoms with Crippen molar-refractivity contribution >= 4 is 32.8 Å². The fourth-order valence-corrected chi connectivity index (χ4v) is 5.09. The number of para-hydroxylation sites is 1. The number of H-pyrrole nitrogens is 2. The van der Waals surface area contributed by atoms with Crippen LogP contribution < -0.4 is 0 Å². The highest BCUT2D eigenvalue weighted by atomic mass is 15.2. The number of hydrogen-bond acceptors (Lipinski definition) is 5. The predicted molar refractivity (Wildman–Crippen MR) is 134 cm³/mol. The third kappa shape index (κ3) is 3.16. The van der Waals surface area contributed by atoms with E-state index in [1.807, 2.05) is 24.7 Å². The number of rotatable bonds is 4. The van der Waals surface area contributed by atoms with Gasteiger partial charge >= 0.3 is 0 Å². The van der Waals surface area contributed by atoms with Crippen molar-refractivity contribution in [3.8, 4) is 22.6 Å². The van der Waals surface area contributed by atoms with Crippen molar-refractivity contribution < 1.29 is 0 Å². The Morgan fingerprint density at radius 2 is 1.82 bits per heavy atom. The Morgan fingerprint density at radius 1 is 0.912 bits per heavy atom. The van der Waals surface area contributed by atoms with E-state index in [-0.39, 0.29) is 0 Å². The summed E-state index contributed by atoms with van der Waals surface area (Å²) in [4.78, 5) is 20.1. The van der Waals surface area contributed by atoms with E-state index in [4.69, 9.17) is 4.98 Å². The molecule has 0 atom stereocenters. The first-order valence-corrected chi connectivity index (χ1v) is 11.7. The second-order valence-electron chi connectivity index (χ2n) is 8.98. The zero-order chi connectivity index (χ0) is 22.5. The summed E-state index contributed by atoms with van der Waals surface area (Å²) >= 11 is 0. The van der Waals surface area contributed by atoms with E-state index in [9.17, 15) is 0 Å². The number of hydrogen-bond donors (Lipinski definition) is 2. The van der Waals surface area contributed by atoms with Gasteiger partial charge in [0.1, 0.15) is 5.69 Å². The molecule has 5 heterocycles. The molecule has 0 unspecified atom stereocenters. The average molecular weight is 446 g/mol. The molecule has 166 valence electrons. The highest BCUT2D eigenvalue weighted by molar-refractivity contribution is 5.99. The van der Waals surface area contributed by atoms with E-state index in [1.54, 1.807) is 0 Å². The van der Waals surface area contributed by atoms with Crippen LogP contribution in [0, 0.1) is 0 Å². The molecule has 0 bridgehead atoms. The molecule has 34 heavy (non-hydrogen) atoms. The molecule has 2 N–H and O–H groups in total. The van der Waals surface area contributed by atoms with Gasteiger partial charge in [0.05, 0.1) is 16.4 Å². The number of likely N-dealkylation sites (tertiary alicyclic amines) is 1. The number of pyridine rings is 2. The molecule has 1 fully saturated rings. The molecule has 4 aromatic heterocycles. The van der Waals surface area contributed by atoms with Crippen molar-refractivity contribution in [1.82, 2.24) is 35.0 Å². The number of nitrogens with one attached hydrogen (secondary N) is 2. The summed E-state index contributed by atoms with van der Waals surface area (Å²) in [5.74, 6) is 0.779. The van der Waals surface area contributed by atoms with Crippen molar-refractivity contribution in [2.45, 2.75) is 19.4 Å². The molecule has 0 spiro atoms. The van der Waals surface area contributed by atoms with Crippen LogP contribution in [-0.4, -0.2) is 48.1 Å². The van der Waals surface area contributed by atoms with Crippen molar-refractivity contribution in [3.63, 3.8) is 0 Å². The van der Waals surface area contributed by atoms with Gasteiger partial charge in [0.25, 0.3) is 0 Å². The summed E-state index contributed by atoms with van der Waals surface area (Å²) in [6.45, 7) is 3.26. The lowest BCUT2D eigenvalue weighted by atomic mass is 10.0. The van der Waals surface area contributed by atoms with Gasteiger partial charge in [0.15, 0.2) is 11.5 Å². The molecule has 0 aliphatic carbocycles. The molecule has 1 saturated heterocycles. The molecule has 7 heteroatoms. The molecule has 0 saturated carbocycles. The molecule has 6 aromatic rings. The summed E-state index contributed by atoms with van der Waals surface area (Å²) in [6.07, 6.45) is 8.22. The van der Waals surface area contributed by atoms with Crippen molar-refractivity contribution in [2.75, 3.05) is 13.1 Å². The van der Waals surface area contributed by atoms with Crippen molar-refractivity contribution in [3.05, 3.63) is 72.7 Å². The largest absolute Gasteiger partial charge is 0.337 e. The van der Waals surface area contributed by atoms with E-state index in [0.717, 1.165) is 69.5 Å². The molecule has 0 amide bonds. The number of imidazole rings is 1. The normalized spacial score (nSPS) is 14.6. The summed E-state index contributed by atoms with van der Waals surface area (Å²) < 4.78 is 0. The minimum absolute atomic E-state index is 0.671. The monoisotopic (exact) mass is 445 g/mol. The fourth-order valence-electron chi connectivity index (χ4n) is 5.09. The van der Waals surface area contributed by atoms with Crippen LogP contribution in [0.5, 0.6) is 0 Å². The number of aromatic amines is 2. The van der Waals surface area contributed by atoms with Gasteiger partial charge in [0, 0.05) is 41.6 Å². The zero-order valence-electron chi connectivity index (χ0n) is 18.6. The van der Waals surface area contributed by atoms with Crippen LogP contribution in [0.4, 0.5) is 0 Å². The topological polar surface area (TPSA) is 86.4 Å². The molecule has 7 nitrogen and oxygen atoms in total. The lowest BCUT2D eigenvalue weighted by molar-refractivity contribution is 0.332. The minimum Gasteiger partial charge on any atom is -0.337 e. The van der Waals surface area contributed by atoms with E-state index >= 15 is 0 Å². The average Bonchev–Trinajstić information content (AvgIpc) is 3.63. The van der Waals surface area contributed by atoms with Gasteiger partial charge in [-0.3, -0.25) is 15.0 Å². The van der Waals surface area contributed by atoms with E-state index in [1.165, 1.54) is 18.4 Å². The van der Waals surface area contributed by atoms with Gasteiger partial charge in [-0.05, 0) is 49.0 Å². The van der Waals surface area contributed by atoms with Crippen LogP contribution in [0.25, 0.3) is 55.5 Å². The molecular formula is C27H23N7. The second-order valence-corrected chi connectivity index (χ2v) is 8.98. The Kier molecular flexibility index (Phi) is 4.41. The SMILES string of the molecule is c1ccc2c(-c3cnc4n[nH]c(-c5nc6c(CN7CCCC7)cccc6[nH]5)c4c3)cncc2c1. The first-order valence-electron chi connectivity index (χ1n) is 11.7. The van der Waals surface area contributed by atoms with Crippen LogP contribution in [-0.2, 0) is 6.54 Å². The third-order valence-corrected chi connectivity index (χ3v) is 6.81. The lowest BCUT2D eigenvalue weighted by Gasteiger charge is -2.14. The third-order valence-electron chi connectivity index (χ3n) is 6.81. The van der Waals surface area contributed by atoms with Gasteiger partial charge in [-0.15, -0.1) is 0 Å². The van der Waals surface area contributed by atoms with Gasteiger partial charge in [0.2, 0.25) is 0 Å². The second kappa shape index (κ2) is 7.74. The van der Waals surface area contributed by atoms with E-state index in [2.05, 4.69) is 72.5 Å². The summed E-state index contributed by atoms with van der Waals surface area (Å²) in [5, 5.41) is 10.8. The van der Waals surface area contributed by atoms with Crippen LogP contribution in [0.1, 0.15) is 18.4 Å². The maximum Gasteiger partial charge on any atom is 0.181 e. The van der Waals surface area contributed by atoms with Gasteiger partial charge in [-0.2, -0.15) is 5.10 Å². The molecular weight excluding hydrogens is 422 g/mol. The van der Waals surface area contributed by atoms with Crippen molar-refractivity contribution in [2.24, 2.45) is 0 Å². The number of fused-ring (bicyclic) bond motifs is 3. The quantitative estimate of drug-likeness (QED) is 0.384. The predicted octanol–water partition coefficient (Wildman–Crippen LogP) is 5.31. The maximum absolute atomic E-state index is 5.01. The van der Waals surface area contributed by atoms with Gasteiger partial charge < -0.3 is 4.98 Å².